The highest BCUT2D eigenvalue weighted by Gasteiger charge is 2.14. The van der Waals surface area contributed by atoms with Crippen molar-refractivity contribution in [1.29, 1.82) is 0 Å². The lowest BCUT2D eigenvalue weighted by atomic mass is 10.1. The number of benzene rings is 3. The van der Waals surface area contributed by atoms with E-state index in [1.54, 1.807) is 24.3 Å². The Kier molecular flexibility index (Phi) is 4.64. The molecular formula is C26H20N2O3. The predicted molar refractivity (Wildman–Crippen MR) is 121 cm³/mol. The third kappa shape index (κ3) is 3.73. The molecule has 2 aromatic heterocycles. The minimum Gasteiger partial charge on any atom is -0.451 e. The molecule has 0 spiro atoms. The molecule has 0 aliphatic heterocycles. The van der Waals surface area contributed by atoms with Crippen LogP contribution in [0.1, 0.15) is 21.7 Å². The smallest absolute Gasteiger partial charge is 0.291 e. The molecule has 1 amide bonds. The summed E-state index contributed by atoms with van der Waals surface area (Å²) in [5.74, 6) is 1.13. The van der Waals surface area contributed by atoms with Crippen LogP contribution in [0, 0.1) is 13.8 Å². The molecule has 0 fully saturated rings. The summed E-state index contributed by atoms with van der Waals surface area (Å²) in [5.41, 5.74) is 6.19. The molecule has 0 saturated carbocycles. The second-order valence-electron chi connectivity index (χ2n) is 7.48. The van der Waals surface area contributed by atoms with E-state index < -0.39 is 0 Å². The summed E-state index contributed by atoms with van der Waals surface area (Å²) in [7, 11) is 0. The van der Waals surface area contributed by atoms with Gasteiger partial charge >= 0.3 is 0 Å². The van der Waals surface area contributed by atoms with Crippen molar-refractivity contribution in [2.75, 3.05) is 5.32 Å². The first-order valence-electron chi connectivity index (χ1n) is 10.0. The van der Waals surface area contributed by atoms with Crippen molar-refractivity contribution in [3.8, 4) is 22.8 Å². The Balaban J connectivity index is 1.36. The quantitative estimate of drug-likeness (QED) is 0.363. The van der Waals surface area contributed by atoms with Crippen molar-refractivity contribution in [3.63, 3.8) is 0 Å². The second kappa shape index (κ2) is 7.61. The number of carbonyl (C=O) groups is 1. The molecule has 152 valence electrons. The van der Waals surface area contributed by atoms with Gasteiger partial charge in [0.05, 0.1) is 0 Å². The van der Waals surface area contributed by atoms with Gasteiger partial charge < -0.3 is 14.2 Å². The highest BCUT2D eigenvalue weighted by atomic mass is 16.4. The van der Waals surface area contributed by atoms with Gasteiger partial charge in [-0.05, 0) is 73.5 Å². The SMILES string of the molecule is Cc1ccc(-c2ccc(C(=O)Nc3ccc4oc(-c5ccccc5)nc4c3)o2)cc1C. The highest BCUT2D eigenvalue weighted by Crippen LogP contribution is 2.27. The van der Waals surface area contributed by atoms with Crippen LogP contribution in [0.25, 0.3) is 33.9 Å². The fourth-order valence-electron chi connectivity index (χ4n) is 3.41. The first kappa shape index (κ1) is 18.9. The number of nitrogens with one attached hydrogen (secondary N) is 1. The van der Waals surface area contributed by atoms with Crippen LogP contribution in [0.4, 0.5) is 5.69 Å². The van der Waals surface area contributed by atoms with E-state index in [0.29, 0.717) is 28.4 Å². The molecule has 5 nitrogen and oxygen atoms in total. The van der Waals surface area contributed by atoms with Gasteiger partial charge in [-0.25, -0.2) is 4.98 Å². The number of nitrogens with zero attached hydrogens (tertiary/aromatic N) is 1. The van der Waals surface area contributed by atoms with E-state index in [-0.39, 0.29) is 11.7 Å². The van der Waals surface area contributed by atoms with Gasteiger partial charge in [0, 0.05) is 16.8 Å². The Morgan fingerprint density at radius 1 is 0.806 bits per heavy atom. The highest BCUT2D eigenvalue weighted by molar-refractivity contribution is 6.03. The van der Waals surface area contributed by atoms with Crippen LogP contribution < -0.4 is 5.32 Å². The molecule has 0 aliphatic rings. The van der Waals surface area contributed by atoms with E-state index >= 15 is 0 Å². The van der Waals surface area contributed by atoms with E-state index in [1.807, 2.05) is 48.5 Å². The number of amides is 1. The normalized spacial score (nSPS) is 11.0. The summed E-state index contributed by atoms with van der Waals surface area (Å²) in [6.07, 6.45) is 0. The molecule has 0 saturated heterocycles. The predicted octanol–water partition coefficient (Wildman–Crippen LogP) is 6.62. The van der Waals surface area contributed by atoms with Gasteiger partial charge in [-0.3, -0.25) is 4.79 Å². The van der Waals surface area contributed by atoms with Crippen LogP contribution in [-0.4, -0.2) is 10.9 Å². The molecule has 1 N–H and O–H groups in total. The average molecular weight is 408 g/mol. The number of aryl methyl sites for hydroxylation is 2. The minimum absolute atomic E-state index is 0.249. The number of hydrogen-bond donors (Lipinski definition) is 1. The first-order chi connectivity index (χ1) is 15.1. The number of carbonyl (C=O) groups excluding carboxylic acids is 1. The number of oxazole rings is 1. The number of anilines is 1. The summed E-state index contributed by atoms with van der Waals surface area (Å²) in [5, 5.41) is 2.87. The topological polar surface area (TPSA) is 68.3 Å². The zero-order chi connectivity index (χ0) is 21.4. The lowest BCUT2D eigenvalue weighted by molar-refractivity contribution is 0.0997. The summed E-state index contributed by atoms with van der Waals surface area (Å²) < 4.78 is 11.6. The molecule has 31 heavy (non-hydrogen) atoms. The van der Waals surface area contributed by atoms with Crippen LogP contribution in [0.2, 0.25) is 0 Å². The summed E-state index contributed by atoms with van der Waals surface area (Å²) in [6, 6.07) is 24.7. The van der Waals surface area contributed by atoms with E-state index in [1.165, 1.54) is 11.1 Å². The molecule has 5 rings (SSSR count). The number of furan rings is 1. The standard InChI is InChI=1S/C26H20N2O3/c1-16-8-9-19(14-17(16)2)22-12-13-24(30-22)25(29)27-20-10-11-23-21(15-20)28-26(31-23)18-6-4-3-5-7-18/h3-15H,1-2H3,(H,27,29). The van der Waals surface area contributed by atoms with Gasteiger partial charge in [-0.2, -0.15) is 0 Å². The van der Waals surface area contributed by atoms with Gasteiger partial charge in [0.15, 0.2) is 11.3 Å². The second-order valence-corrected chi connectivity index (χ2v) is 7.48. The monoisotopic (exact) mass is 408 g/mol. The van der Waals surface area contributed by atoms with Crippen LogP contribution in [0.5, 0.6) is 0 Å². The van der Waals surface area contributed by atoms with E-state index in [0.717, 1.165) is 11.1 Å². The molecular weight excluding hydrogens is 388 g/mol. The van der Waals surface area contributed by atoms with Crippen molar-refractivity contribution < 1.29 is 13.6 Å². The van der Waals surface area contributed by atoms with Crippen LogP contribution in [-0.2, 0) is 0 Å². The number of hydrogen-bond acceptors (Lipinski definition) is 4. The van der Waals surface area contributed by atoms with Gasteiger partial charge in [0.2, 0.25) is 5.89 Å². The largest absolute Gasteiger partial charge is 0.451 e. The van der Waals surface area contributed by atoms with E-state index in [9.17, 15) is 4.79 Å². The molecule has 0 radical (unpaired) electrons. The Bertz CT molecular complexity index is 1400. The molecule has 0 bridgehead atoms. The maximum absolute atomic E-state index is 12.7. The van der Waals surface area contributed by atoms with Gasteiger partial charge in [0.1, 0.15) is 11.3 Å². The Hall–Kier alpha value is -4.12. The van der Waals surface area contributed by atoms with Crippen molar-refractivity contribution >= 4 is 22.7 Å². The lowest BCUT2D eigenvalue weighted by Crippen LogP contribution is -2.10. The lowest BCUT2D eigenvalue weighted by Gasteiger charge is -2.04. The summed E-state index contributed by atoms with van der Waals surface area (Å²) >= 11 is 0. The van der Waals surface area contributed by atoms with E-state index in [4.69, 9.17) is 8.83 Å². The van der Waals surface area contributed by atoms with Crippen molar-refractivity contribution in [2.24, 2.45) is 0 Å². The number of aromatic nitrogens is 1. The fourth-order valence-corrected chi connectivity index (χ4v) is 3.41. The number of rotatable bonds is 4. The van der Waals surface area contributed by atoms with Crippen LogP contribution in [0.3, 0.4) is 0 Å². The maximum atomic E-state index is 12.7. The van der Waals surface area contributed by atoms with Crippen molar-refractivity contribution in [2.45, 2.75) is 13.8 Å². The Morgan fingerprint density at radius 3 is 2.45 bits per heavy atom. The third-order valence-corrected chi connectivity index (χ3v) is 5.29. The minimum atomic E-state index is -0.318. The molecule has 5 aromatic rings. The van der Waals surface area contributed by atoms with Crippen molar-refractivity contribution in [1.82, 2.24) is 4.98 Å². The zero-order valence-electron chi connectivity index (χ0n) is 17.2. The van der Waals surface area contributed by atoms with Gasteiger partial charge in [-0.15, -0.1) is 0 Å². The number of fused-ring (bicyclic) bond motifs is 1. The maximum Gasteiger partial charge on any atom is 0.291 e. The fraction of sp³-hybridized carbons (Fsp3) is 0.0769. The molecule has 0 aliphatic carbocycles. The summed E-state index contributed by atoms with van der Waals surface area (Å²) in [6.45, 7) is 4.12. The third-order valence-electron chi connectivity index (χ3n) is 5.29. The van der Waals surface area contributed by atoms with Gasteiger partial charge in [-0.1, -0.05) is 30.3 Å². The average Bonchev–Trinajstić information content (AvgIpc) is 3.43. The summed E-state index contributed by atoms with van der Waals surface area (Å²) in [4.78, 5) is 17.2. The van der Waals surface area contributed by atoms with Gasteiger partial charge in [0.25, 0.3) is 5.91 Å². The van der Waals surface area contributed by atoms with E-state index in [2.05, 4.69) is 30.2 Å². The molecule has 2 heterocycles. The molecule has 5 heteroatoms. The van der Waals surface area contributed by atoms with Crippen LogP contribution >= 0.6 is 0 Å². The Morgan fingerprint density at radius 2 is 1.65 bits per heavy atom. The molecule has 0 atom stereocenters. The zero-order valence-corrected chi connectivity index (χ0v) is 17.2. The first-order valence-corrected chi connectivity index (χ1v) is 10.0. The molecule has 0 unspecified atom stereocenters. The van der Waals surface area contributed by atoms with Crippen molar-refractivity contribution in [3.05, 3.63) is 95.7 Å². The molecule has 3 aromatic carbocycles. The van der Waals surface area contributed by atoms with Crippen LogP contribution in [0.15, 0.2) is 87.7 Å². The Labute approximate surface area is 179 Å².